The molecule has 1 amide bonds. The number of nitrogens with one attached hydrogen (secondary N) is 1. The lowest BCUT2D eigenvalue weighted by atomic mass is 9.94. The first-order valence-electron chi connectivity index (χ1n) is 7.31. The van der Waals surface area contributed by atoms with E-state index in [0.717, 1.165) is 43.9 Å². The molecular formula is C16H22N2OS. The van der Waals surface area contributed by atoms with Crippen LogP contribution in [0.15, 0.2) is 18.2 Å². The largest absolute Gasteiger partial charge is 0.336 e. The molecule has 0 aliphatic carbocycles. The molecule has 2 heterocycles. The Labute approximate surface area is 125 Å². The van der Waals surface area contributed by atoms with E-state index in [4.69, 9.17) is 0 Å². The van der Waals surface area contributed by atoms with Gasteiger partial charge < -0.3 is 10.2 Å². The minimum Gasteiger partial charge on any atom is -0.336 e. The van der Waals surface area contributed by atoms with Gasteiger partial charge in [-0.3, -0.25) is 4.79 Å². The summed E-state index contributed by atoms with van der Waals surface area (Å²) in [6.45, 7) is 8.02. The van der Waals surface area contributed by atoms with E-state index < -0.39 is 0 Å². The maximum absolute atomic E-state index is 12.9. The van der Waals surface area contributed by atoms with E-state index >= 15 is 0 Å². The van der Waals surface area contributed by atoms with Crippen molar-refractivity contribution in [2.24, 2.45) is 0 Å². The number of hydrogen-bond acceptors (Lipinski definition) is 3. The SMILES string of the molecule is CC1(C)CN(C(=O)c2cccc3c2CCNC3)CCS1. The molecule has 0 saturated carbocycles. The van der Waals surface area contributed by atoms with Crippen molar-refractivity contribution in [3.63, 3.8) is 0 Å². The second-order valence-corrected chi connectivity index (χ2v) is 8.01. The number of benzene rings is 1. The highest BCUT2D eigenvalue weighted by molar-refractivity contribution is 8.00. The Balaban J connectivity index is 1.87. The molecule has 3 rings (SSSR count). The molecule has 108 valence electrons. The second kappa shape index (κ2) is 5.41. The van der Waals surface area contributed by atoms with Crippen molar-refractivity contribution >= 4 is 17.7 Å². The Morgan fingerprint density at radius 2 is 2.25 bits per heavy atom. The highest BCUT2D eigenvalue weighted by Gasteiger charge is 2.31. The smallest absolute Gasteiger partial charge is 0.254 e. The lowest BCUT2D eigenvalue weighted by Gasteiger charge is -2.38. The fourth-order valence-electron chi connectivity index (χ4n) is 3.09. The van der Waals surface area contributed by atoms with Gasteiger partial charge in [0.1, 0.15) is 0 Å². The first-order chi connectivity index (χ1) is 9.57. The van der Waals surface area contributed by atoms with Crippen molar-refractivity contribution in [2.45, 2.75) is 31.6 Å². The van der Waals surface area contributed by atoms with Crippen LogP contribution in [0.25, 0.3) is 0 Å². The van der Waals surface area contributed by atoms with Crippen LogP contribution in [0.1, 0.15) is 35.3 Å². The summed E-state index contributed by atoms with van der Waals surface area (Å²) in [5.74, 6) is 1.26. The van der Waals surface area contributed by atoms with Crippen molar-refractivity contribution in [1.82, 2.24) is 10.2 Å². The minimum atomic E-state index is 0.171. The monoisotopic (exact) mass is 290 g/mol. The van der Waals surface area contributed by atoms with Crippen LogP contribution in [0.3, 0.4) is 0 Å². The van der Waals surface area contributed by atoms with Crippen LogP contribution in [-0.4, -0.2) is 40.9 Å². The number of carbonyl (C=O) groups excluding carboxylic acids is 1. The fraction of sp³-hybridized carbons (Fsp3) is 0.562. The Bertz CT molecular complexity index is 527. The number of rotatable bonds is 1. The molecular weight excluding hydrogens is 268 g/mol. The van der Waals surface area contributed by atoms with Crippen LogP contribution in [0.4, 0.5) is 0 Å². The van der Waals surface area contributed by atoms with Gasteiger partial charge in [0.15, 0.2) is 0 Å². The van der Waals surface area contributed by atoms with E-state index in [0.29, 0.717) is 0 Å². The van der Waals surface area contributed by atoms with Gasteiger partial charge in [-0.15, -0.1) is 0 Å². The van der Waals surface area contributed by atoms with Crippen LogP contribution in [0, 0.1) is 0 Å². The van der Waals surface area contributed by atoms with Gasteiger partial charge in [-0.25, -0.2) is 0 Å². The number of amides is 1. The Morgan fingerprint density at radius 3 is 3.05 bits per heavy atom. The van der Waals surface area contributed by atoms with Gasteiger partial charge in [-0.1, -0.05) is 12.1 Å². The molecule has 2 aliphatic rings. The van der Waals surface area contributed by atoms with Crippen molar-refractivity contribution in [3.8, 4) is 0 Å². The zero-order valence-corrected chi connectivity index (χ0v) is 13.1. The molecule has 0 radical (unpaired) electrons. The van der Waals surface area contributed by atoms with Gasteiger partial charge in [-0.05, 0) is 44.0 Å². The third-order valence-corrected chi connectivity index (χ3v) is 5.38. The molecule has 1 aromatic carbocycles. The predicted molar refractivity (Wildman–Crippen MR) is 84.3 cm³/mol. The molecule has 0 spiro atoms. The van der Waals surface area contributed by atoms with Gasteiger partial charge >= 0.3 is 0 Å². The number of hydrogen-bond donors (Lipinski definition) is 1. The van der Waals surface area contributed by atoms with Crippen LogP contribution in [-0.2, 0) is 13.0 Å². The van der Waals surface area contributed by atoms with Crippen LogP contribution >= 0.6 is 11.8 Å². The quantitative estimate of drug-likeness (QED) is 0.861. The third kappa shape index (κ3) is 2.72. The molecule has 1 aromatic rings. The molecule has 2 aliphatic heterocycles. The van der Waals surface area contributed by atoms with Gasteiger partial charge in [0.2, 0.25) is 0 Å². The number of thioether (sulfide) groups is 1. The lowest BCUT2D eigenvalue weighted by molar-refractivity contribution is 0.0746. The standard InChI is InChI=1S/C16H22N2OS/c1-16(2)11-18(8-9-20-16)15(19)14-5-3-4-12-10-17-7-6-13(12)14/h3-5,17H,6-11H2,1-2H3. The van der Waals surface area contributed by atoms with Gasteiger partial charge in [0.25, 0.3) is 5.91 Å². The maximum atomic E-state index is 12.9. The molecule has 1 N–H and O–H groups in total. The molecule has 0 bridgehead atoms. The van der Waals surface area contributed by atoms with Crippen LogP contribution < -0.4 is 5.32 Å². The number of fused-ring (bicyclic) bond motifs is 1. The normalized spacial score (nSPS) is 21.4. The summed E-state index contributed by atoms with van der Waals surface area (Å²) >= 11 is 1.96. The van der Waals surface area contributed by atoms with E-state index in [9.17, 15) is 4.79 Å². The lowest BCUT2D eigenvalue weighted by Crippen LogP contribution is -2.46. The van der Waals surface area contributed by atoms with Gasteiger partial charge in [-0.2, -0.15) is 11.8 Å². The first-order valence-corrected chi connectivity index (χ1v) is 8.30. The molecule has 1 fully saturated rings. The zero-order valence-electron chi connectivity index (χ0n) is 12.2. The number of carbonyl (C=O) groups is 1. The zero-order chi connectivity index (χ0) is 14.2. The average molecular weight is 290 g/mol. The summed E-state index contributed by atoms with van der Waals surface area (Å²) in [4.78, 5) is 14.9. The van der Waals surface area contributed by atoms with Crippen molar-refractivity contribution < 1.29 is 4.79 Å². The molecule has 3 nitrogen and oxygen atoms in total. The van der Waals surface area contributed by atoms with E-state index in [1.807, 2.05) is 28.8 Å². The molecule has 20 heavy (non-hydrogen) atoms. The van der Waals surface area contributed by atoms with Crippen molar-refractivity contribution in [3.05, 3.63) is 34.9 Å². The summed E-state index contributed by atoms with van der Waals surface area (Å²) in [5, 5.41) is 3.37. The van der Waals surface area contributed by atoms with E-state index in [2.05, 4.69) is 25.2 Å². The summed E-state index contributed by atoms with van der Waals surface area (Å²) in [7, 11) is 0. The van der Waals surface area contributed by atoms with Crippen LogP contribution in [0.2, 0.25) is 0 Å². The fourth-order valence-corrected chi connectivity index (χ4v) is 4.20. The predicted octanol–water partition coefficient (Wildman–Crippen LogP) is 2.30. The minimum absolute atomic E-state index is 0.171. The van der Waals surface area contributed by atoms with Gasteiger partial charge in [0.05, 0.1) is 0 Å². The Kier molecular flexibility index (Phi) is 3.78. The molecule has 0 unspecified atom stereocenters. The highest BCUT2D eigenvalue weighted by atomic mass is 32.2. The maximum Gasteiger partial charge on any atom is 0.254 e. The molecule has 0 atom stereocenters. The first kappa shape index (κ1) is 14.0. The van der Waals surface area contributed by atoms with E-state index in [1.165, 1.54) is 11.1 Å². The topological polar surface area (TPSA) is 32.3 Å². The highest BCUT2D eigenvalue weighted by Crippen LogP contribution is 2.31. The summed E-state index contributed by atoms with van der Waals surface area (Å²) < 4.78 is 0.171. The summed E-state index contributed by atoms with van der Waals surface area (Å²) in [5.41, 5.74) is 3.46. The summed E-state index contributed by atoms with van der Waals surface area (Å²) in [6, 6.07) is 6.15. The Morgan fingerprint density at radius 1 is 1.40 bits per heavy atom. The van der Waals surface area contributed by atoms with Gasteiger partial charge in [0, 0.05) is 35.7 Å². The molecule has 4 heteroatoms. The van der Waals surface area contributed by atoms with Crippen LogP contribution in [0.5, 0.6) is 0 Å². The molecule has 1 saturated heterocycles. The van der Waals surface area contributed by atoms with E-state index in [1.54, 1.807) is 0 Å². The van der Waals surface area contributed by atoms with Crippen molar-refractivity contribution in [1.29, 1.82) is 0 Å². The third-order valence-electron chi connectivity index (χ3n) is 4.08. The summed E-state index contributed by atoms with van der Waals surface area (Å²) in [6.07, 6.45) is 0.962. The Hall–Kier alpha value is -1.00. The van der Waals surface area contributed by atoms with Crippen molar-refractivity contribution in [2.75, 3.05) is 25.4 Å². The second-order valence-electron chi connectivity index (χ2n) is 6.20. The average Bonchev–Trinajstić information content (AvgIpc) is 2.45. The molecule has 0 aromatic heterocycles. The van der Waals surface area contributed by atoms with E-state index in [-0.39, 0.29) is 10.7 Å². The number of nitrogens with zero attached hydrogens (tertiary/aromatic N) is 1.